The van der Waals surface area contributed by atoms with Crippen molar-refractivity contribution in [3.63, 3.8) is 0 Å². The topological polar surface area (TPSA) is 51.7 Å². The normalized spacial score (nSPS) is 14.9. The molecule has 3 aromatic rings. The summed E-state index contributed by atoms with van der Waals surface area (Å²) in [6.07, 6.45) is 2.53. The van der Waals surface area contributed by atoms with Crippen LogP contribution >= 0.6 is 11.3 Å². The number of carbonyl (C=O) groups is 1. The predicted molar refractivity (Wildman–Crippen MR) is 110 cm³/mol. The zero-order chi connectivity index (χ0) is 19.3. The van der Waals surface area contributed by atoms with E-state index in [-0.39, 0.29) is 5.91 Å². The van der Waals surface area contributed by atoms with Crippen LogP contribution < -0.4 is 14.4 Å². The highest BCUT2D eigenvalue weighted by Crippen LogP contribution is 2.42. The van der Waals surface area contributed by atoms with Gasteiger partial charge in [0.05, 0.1) is 37.6 Å². The standard InChI is InChI=1S/C22H20N2O3S/c1-26-18-7-3-6-16(21(18)27-2)22-23-17(12-28-22)14-9-13-5-4-8-24-19(25)11-15(10-14)20(13)24/h3,6-7,9-10,12H,4-5,8,11H2,1-2H3. The number of aryl methyl sites for hydroxylation is 1. The first-order valence-corrected chi connectivity index (χ1v) is 10.2. The van der Waals surface area contributed by atoms with Crippen LogP contribution in [0.4, 0.5) is 5.69 Å². The van der Waals surface area contributed by atoms with E-state index in [0.717, 1.165) is 52.5 Å². The van der Waals surface area contributed by atoms with Crippen molar-refractivity contribution < 1.29 is 14.3 Å². The maximum Gasteiger partial charge on any atom is 0.231 e. The Morgan fingerprint density at radius 2 is 2.00 bits per heavy atom. The van der Waals surface area contributed by atoms with Gasteiger partial charge in [-0.25, -0.2) is 4.98 Å². The van der Waals surface area contributed by atoms with Crippen molar-refractivity contribution in [1.29, 1.82) is 0 Å². The molecule has 0 bridgehead atoms. The number of amides is 1. The van der Waals surface area contributed by atoms with E-state index in [1.165, 1.54) is 5.56 Å². The van der Waals surface area contributed by atoms with Gasteiger partial charge in [-0.15, -0.1) is 11.3 Å². The fourth-order valence-corrected chi connectivity index (χ4v) is 5.06. The first kappa shape index (κ1) is 17.3. The molecule has 0 saturated heterocycles. The molecule has 0 saturated carbocycles. The second-order valence-corrected chi connectivity index (χ2v) is 7.91. The maximum absolute atomic E-state index is 12.3. The molecule has 0 radical (unpaired) electrons. The molecular weight excluding hydrogens is 372 g/mol. The van der Waals surface area contributed by atoms with Crippen LogP contribution in [0, 0.1) is 0 Å². The summed E-state index contributed by atoms with van der Waals surface area (Å²) in [7, 11) is 3.28. The van der Waals surface area contributed by atoms with Crippen LogP contribution in [-0.4, -0.2) is 31.7 Å². The van der Waals surface area contributed by atoms with Gasteiger partial charge in [-0.05, 0) is 48.2 Å². The highest BCUT2D eigenvalue weighted by molar-refractivity contribution is 7.13. The molecule has 3 heterocycles. The molecule has 28 heavy (non-hydrogen) atoms. The monoisotopic (exact) mass is 392 g/mol. The van der Waals surface area contributed by atoms with Gasteiger partial charge in [0.1, 0.15) is 5.01 Å². The van der Waals surface area contributed by atoms with Crippen LogP contribution in [0.25, 0.3) is 21.8 Å². The lowest BCUT2D eigenvalue weighted by molar-refractivity contribution is -0.117. The second-order valence-electron chi connectivity index (χ2n) is 7.05. The third-order valence-electron chi connectivity index (χ3n) is 5.44. The lowest BCUT2D eigenvalue weighted by Crippen LogP contribution is -2.31. The molecule has 0 fully saturated rings. The Bertz CT molecular complexity index is 1090. The van der Waals surface area contributed by atoms with Gasteiger partial charge in [0.2, 0.25) is 5.91 Å². The molecule has 1 amide bonds. The Morgan fingerprint density at radius 1 is 1.14 bits per heavy atom. The number of para-hydroxylation sites is 1. The zero-order valence-corrected chi connectivity index (χ0v) is 16.6. The van der Waals surface area contributed by atoms with Crippen molar-refractivity contribution in [2.75, 3.05) is 25.7 Å². The lowest BCUT2D eigenvalue weighted by Gasteiger charge is -2.25. The Kier molecular flexibility index (Phi) is 4.09. The quantitative estimate of drug-likeness (QED) is 0.663. The van der Waals surface area contributed by atoms with Crippen LogP contribution in [0.5, 0.6) is 11.5 Å². The number of rotatable bonds is 4. The predicted octanol–water partition coefficient (Wildman–Crippen LogP) is 4.33. The van der Waals surface area contributed by atoms with Gasteiger partial charge in [0.15, 0.2) is 11.5 Å². The Labute approximate surface area is 167 Å². The fourth-order valence-electron chi connectivity index (χ4n) is 4.21. The van der Waals surface area contributed by atoms with E-state index in [4.69, 9.17) is 14.5 Å². The van der Waals surface area contributed by atoms with Crippen molar-refractivity contribution >= 4 is 22.9 Å². The van der Waals surface area contributed by atoms with E-state index < -0.39 is 0 Å². The van der Waals surface area contributed by atoms with Crippen molar-refractivity contribution in [2.24, 2.45) is 0 Å². The number of carbonyl (C=O) groups excluding carboxylic acids is 1. The number of ether oxygens (including phenoxy) is 2. The summed E-state index contributed by atoms with van der Waals surface area (Å²) < 4.78 is 11.0. The highest BCUT2D eigenvalue weighted by Gasteiger charge is 2.32. The molecule has 0 unspecified atom stereocenters. The summed E-state index contributed by atoms with van der Waals surface area (Å²) in [5.74, 6) is 1.60. The average molecular weight is 392 g/mol. The van der Waals surface area contributed by atoms with Crippen LogP contribution in [0.1, 0.15) is 17.5 Å². The molecule has 5 nitrogen and oxygen atoms in total. The van der Waals surface area contributed by atoms with Gasteiger partial charge in [0.25, 0.3) is 0 Å². The van der Waals surface area contributed by atoms with E-state index in [0.29, 0.717) is 17.9 Å². The summed E-state index contributed by atoms with van der Waals surface area (Å²) in [4.78, 5) is 19.1. The molecule has 5 rings (SSSR count). The number of benzene rings is 2. The third kappa shape index (κ3) is 2.59. The molecule has 6 heteroatoms. The molecule has 2 aromatic carbocycles. The van der Waals surface area contributed by atoms with E-state index in [1.54, 1.807) is 25.6 Å². The Morgan fingerprint density at radius 3 is 2.82 bits per heavy atom. The highest BCUT2D eigenvalue weighted by atomic mass is 32.1. The summed E-state index contributed by atoms with van der Waals surface area (Å²) in [5, 5.41) is 2.96. The number of anilines is 1. The van der Waals surface area contributed by atoms with Gasteiger partial charge >= 0.3 is 0 Å². The lowest BCUT2D eigenvalue weighted by atomic mass is 9.96. The van der Waals surface area contributed by atoms with Gasteiger partial charge in [0, 0.05) is 17.5 Å². The van der Waals surface area contributed by atoms with Crippen LogP contribution in [0.2, 0.25) is 0 Å². The molecular formula is C22H20N2O3S. The Hall–Kier alpha value is -2.86. The minimum atomic E-state index is 0.216. The number of hydrogen-bond acceptors (Lipinski definition) is 5. The summed E-state index contributed by atoms with van der Waals surface area (Å²) >= 11 is 1.58. The van der Waals surface area contributed by atoms with Crippen molar-refractivity contribution in [2.45, 2.75) is 19.3 Å². The van der Waals surface area contributed by atoms with E-state index in [2.05, 4.69) is 17.5 Å². The van der Waals surface area contributed by atoms with Gasteiger partial charge in [-0.1, -0.05) is 6.07 Å². The number of thiazole rings is 1. The van der Waals surface area contributed by atoms with E-state index in [9.17, 15) is 4.79 Å². The summed E-state index contributed by atoms with van der Waals surface area (Å²) in [6, 6.07) is 10.1. The maximum atomic E-state index is 12.3. The average Bonchev–Trinajstić information content (AvgIpc) is 3.33. The minimum absolute atomic E-state index is 0.216. The molecule has 2 aliphatic heterocycles. The van der Waals surface area contributed by atoms with Crippen LogP contribution in [0.3, 0.4) is 0 Å². The first-order valence-electron chi connectivity index (χ1n) is 9.33. The summed E-state index contributed by atoms with van der Waals surface area (Å²) in [6.45, 7) is 0.842. The molecule has 2 aliphatic rings. The fraction of sp³-hybridized carbons (Fsp3) is 0.273. The molecule has 0 N–H and O–H groups in total. The number of hydrogen-bond donors (Lipinski definition) is 0. The smallest absolute Gasteiger partial charge is 0.231 e. The van der Waals surface area contributed by atoms with Crippen LogP contribution in [0.15, 0.2) is 35.7 Å². The molecule has 142 valence electrons. The summed E-state index contributed by atoms with van der Waals surface area (Å²) in [5.41, 5.74) is 6.46. The van der Waals surface area contributed by atoms with Gasteiger partial charge in [-0.3, -0.25) is 4.79 Å². The van der Waals surface area contributed by atoms with Crippen molar-refractivity contribution in [1.82, 2.24) is 4.98 Å². The number of aromatic nitrogens is 1. The SMILES string of the molecule is COc1cccc(-c2nc(-c3cc4c5c(c3)CC(=O)N5CCC4)cs2)c1OC. The minimum Gasteiger partial charge on any atom is -0.493 e. The largest absolute Gasteiger partial charge is 0.493 e. The van der Waals surface area contributed by atoms with E-state index in [1.807, 2.05) is 23.1 Å². The molecule has 0 atom stereocenters. The molecule has 1 aromatic heterocycles. The molecule has 0 aliphatic carbocycles. The number of methoxy groups -OCH3 is 2. The number of nitrogens with zero attached hydrogens (tertiary/aromatic N) is 2. The first-order chi connectivity index (χ1) is 13.7. The van der Waals surface area contributed by atoms with E-state index >= 15 is 0 Å². The van der Waals surface area contributed by atoms with Crippen molar-refractivity contribution in [3.05, 3.63) is 46.8 Å². The second kappa shape index (κ2) is 6.63. The zero-order valence-electron chi connectivity index (χ0n) is 15.8. The van der Waals surface area contributed by atoms with Gasteiger partial charge < -0.3 is 14.4 Å². The molecule has 0 spiro atoms. The van der Waals surface area contributed by atoms with Gasteiger partial charge in [-0.2, -0.15) is 0 Å². The third-order valence-corrected chi connectivity index (χ3v) is 6.32. The van der Waals surface area contributed by atoms with Crippen molar-refractivity contribution in [3.8, 4) is 33.3 Å². The Balaban J connectivity index is 1.57. The van der Waals surface area contributed by atoms with Crippen LogP contribution in [-0.2, 0) is 17.6 Å².